The quantitative estimate of drug-likeness (QED) is 0.845. The van der Waals surface area contributed by atoms with Gasteiger partial charge in [-0.2, -0.15) is 0 Å². The number of ether oxygens (including phenoxy) is 1. The Hall–Kier alpha value is -1.62. The van der Waals surface area contributed by atoms with E-state index in [1.165, 1.54) is 11.3 Å². The highest BCUT2D eigenvalue weighted by atomic mass is 32.1. The molecule has 1 amide bonds. The van der Waals surface area contributed by atoms with Gasteiger partial charge in [-0.25, -0.2) is 4.98 Å². The van der Waals surface area contributed by atoms with E-state index in [0.717, 1.165) is 28.8 Å². The van der Waals surface area contributed by atoms with Gasteiger partial charge in [0, 0.05) is 6.54 Å². The fourth-order valence-corrected chi connectivity index (χ4v) is 2.49. The van der Waals surface area contributed by atoms with Crippen LogP contribution in [-0.2, 0) is 0 Å². The van der Waals surface area contributed by atoms with Crippen molar-refractivity contribution in [3.63, 3.8) is 0 Å². The van der Waals surface area contributed by atoms with Gasteiger partial charge in [-0.05, 0) is 24.6 Å². The average Bonchev–Trinajstić information content (AvgIpc) is 2.81. The van der Waals surface area contributed by atoms with Gasteiger partial charge in [0.2, 0.25) is 0 Å². The van der Waals surface area contributed by atoms with Crippen LogP contribution in [0.25, 0.3) is 10.2 Å². The highest BCUT2D eigenvalue weighted by Crippen LogP contribution is 2.26. The number of unbranched alkanes of at least 4 members (excludes halogenated alkanes) is 1. The van der Waals surface area contributed by atoms with Gasteiger partial charge in [-0.1, -0.05) is 13.3 Å². The number of fused-ring (bicyclic) bond motifs is 1. The van der Waals surface area contributed by atoms with Gasteiger partial charge in [0.1, 0.15) is 5.75 Å². The molecule has 0 aliphatic carbocycles. The first-order chi connectivity index (χ1) is 8.74. The second kappa shape index (κ2) is 5.82. The van der Waals surface area contributed by atoms with Crippen LogP contribution in [0.15, 0.2) is 18.2 Å². The average molecular weight is 264 g/mol. The summed E-state index contributed by atoms with van der Waals surface area (Å²) in [5.41, 5.74) is 0.835. The lowest BCUT2D eigenvalue weighted by Crippen LogP contribution is -2.24. The van der Waals surface area contributed by atoms with Gasteiger partial charge < -0.3 is 10.1 Å². The second-order valence-corrected chi connectivity index (χ2v) is 4.99. The van der Waals surface area contributed by atoms with Crippen LogP contribution in [0, 0.1) is 0 Å². The Bertz CT molecular complexity index is 551. The first kappa shape index (κ1) is 12.8. The van der Waals surface area contributed by atoms with Crippen LogP contribution < -0.4 is 10.1 Å². The number of amides is 1. The summed E-state index contributed by atoms with van der Waals surface area (Å²) in [4.78, 5) is 16.2. The molecular formula is C13H16N2O2S. The summed E-state index contributed by atoms with van der Waals surface area (Å²) < 4.78 is 6.12. The van der Waals surface area contributed by atoms with Crippen molar-refractivity contribution in [1.82, 2.24) is 10.3 Å². The molecule has 4 nitrogen and oxygen atoms in total. The molecule has 0 atom stereocenters. The van der Waals surface area contributed by atoms with Crippen LogP contribution in [0.3, 0.4) is 0 Å². The number of rotatable bonds is 5. The van der Waals surface area contributed by atoms with Crippen molar-refractivity contribution in [2.75, 3.05) is 13.7 Å². The van der Waals surface area contributed by atoms with E-state index in [1.807, 2.05) is 18.2 Å². The van der Waals surface area contributed by atoms with E-state index in [4.69, 9.17) is 4.74 Å². The molecule has 1 aromatic carbocycles. The van der Waals surface area contributed by atoms with Crippen LogP contribution in [0.5, 0.6) is 5.75 Å². The number of benzene rings is 1. The number of carbonyl (C=O) groups is 1. The summed E-state index contributed by atoms with van der Waals surface area (Å²) in [7, 11) is 1.63. The summed E-state index contributed by atoms with van der Waals surface area (Å²) in [5.74, 6) is 0.688. The Morgan fingerprint density at radius 3 is 3.06 bits per heavy atom. The lowest BCUT2D eigenvalue weighted by molar-refractivity contribution is 0.0953. The third kappa shape index (κ3) is 2.79. The van der Waals surface area contributed by atoms with Crippen molar-refractivity contribution in [3.8, 4) is 5.75 Å². The number of hydrogen-bond donors (Lipinski definition) is 1. The zero-order valence-corrected chi connectivity index (χ0v) is 11.3. The highest BCUT2D eigenvalue weighted by molar-refractivity contribution is 7.20. The maximum Gasteiger partial charge on any atom is 0.280 e. The van der Waals surface area contributed by atoms with Crippen molar-refractivity contribution in [2.45, 2.75) is 19.8 Å². The molecule has 0 aliphatic rings. The van der Waals surface area contributed by atoms with E-state index in [2.05, 4.69) is 17.2 Å². The maximum absolute atomic E-state index is 11.8. The Labute approximate surface area is 110 Å². The van der Waals surface area contributed by atoms with Crippen LogP contribution >= 0.6 is 11.3 Å². The zero-order valence-electron chi connectivity index (χ0n) is 10.5. The van der Waals surface area contributed by atoms with Crippen molar-refractivity contribution >= 4 is 27.5 Å². The second-order valence-electron chi connectivity index (χ2n) is 3.96. The number of nitrogens with one attached hydrogen (secondary N) is 1. The number of aromatic nitrogens is 1. The van der Waals surface area contributed by atoms with E-state index < -0.39 is 0 Å². The SMILES string of the molecule is CCCCNC(=O)c1nc2ccc(OC)cc2s1. The predicted molar refractivity (Wildman–Crippen MR) is 73.4 cm³/mol. The molecule has 1 N–H and O–H groups in total. The van der Waals surface area contributed by atoms with E-state index in [9.17, 15) is 4.79 Å². The molecule has 1 aromatic heterocycles. The molecule has 0 bridgehead atoms. The van der Waals surface area contributed by atoms with Gasteiger partial charge in [0.15, 0.2) is 5.01 Å². The summed E-state index contributed by atoms with van der Waals surface area (Å²) in [6.07, 6.45) is 2.06. The van der Waals surface area contributed by atoms with E-state index in [0.29, 0.717) is 11.6 Å². The zero-order chi connectivity index (χ0) is 13.0. The minimum Gasteiger partial charge on any atom is -0.497 e. The standard InChI is InChI=1S/C13H16N2O2S/c1-3-4-7-14-12(16)13-15-10-6-5-9(17-2)8-11(10)18-13/h5-6,8H,3-4,7H2,1-2H3,(H,14,16). The summed E-state index contributed by atoms with van der Waals surface area (Å²) >= 11 is 1.39. The Balaban J connectivity index is 2.16. The van der Waals surface area contributed by atoms with Gasteiger partial charge >= 0.3 is 0 Å². The van der Waals surface area contributed by atoms with Gasteiger partial charge in [0.25, 0.3) is 5.91 Å². The third-order valence-corrected chi connectivity index (χ3v) is 3.62. The molecule has 0 saturated carbocycles. The number of thiazole rings is 1. The van der Waals surface area contributed by atoms with Crippen molar-refractivity contribution in [1.29, 1.82) is 0 Å². The Kier molecular flexibility index (Phi) is 4.15. The normalized spacial score (nSPS) is 10.6. The molecular weight excluding hydrogens is 248 g/mol. The first-order valence-electron chi connectivity index (χ1n) is 5.97. The molecule has 0 saturated heterocycles. The molecule has 18 heavy (non-hydrogen) atoms. The first-order valence-corrected chi connectivity index (χ1v) is 6.79. The molecule has 0 radical (unpaired) electrons. The van der Waals surface area contributed by atoms with Crippen molar-refractivity contribution in [2.24, 2.45) is 0 Å². The van der Waals surface area contributed by atoms with Gasteiger partial charge in [0.05, 0.1) is 17.3 Å². The lowest BCUT2D eigenvalue weighted by atomic mass is 10.3. The van der Waals surface area contributed by atoms with Crippen LogP contribution in [-0.4, -0.2) is 24.5 Å². The predicted octanol–water partition coefficient (Wildman–Crippen LogP) is 2.83. The number of nitrogens with zero attached hydrogens (tertiary/aromatic N) is 1. The molecule has 5 heteroatoms. The van der Waals surface area contributed by atoms with E-state index in [-0.39, 0.29) is 5.91 Å². The van der Waals surface area contributed by atoms with Gasteiger partial charge in [-0.15, -0.1) is 11.3 Å². The molecule has 1 heterocycles. The molecule has 0 fully saturated rings. The third-order valence-electron chi connectivity index (χ3n) is 2.61. The highest BCUT2D eigenvalue weighted by Gasteiger charge is 2.11. The summed E-state index contributed by atoms with van der Waals surface area (Å²) in [6, 6.07) is 5.62. The van der Waals surface area contributed by atoms with Crippen LogP contribution in [0.4, 0.5) is 0 Å². The number of hydrogen-bond acceptors (Lipinski definition) is 4. The Morgan fingerprint density at radius 1 is 1.50 bits per heavy atom. The molecule has 0 spiro atoms. The van der Waals surface area contributed by atoms with Gasteiger partial charge in [-0.3, -0.25) is 4.79 Å². The Morgan fingerprint density at radius 2 is 2.33 bits per heavy atom. The molecule has 96 valence electrons. The van der Waals surface area contributed by atoms with Crippen LogP contribution in [0.2, 0.25) is 0 Å². The molecule has 0 aliphatic heterocycles. The number of methoxy groups -OCH3 is 1. The van der Waals surface area contributed by atoms with Crippen molar-refractivity contribution in [3.05, 3.63) is 23.2 Å². The summed E-state index contributed by atoms with van der Waals surface area (Å²) in [6.45, 7) is 2.80. The smallest absolute Gasteiger partial charge is 0.280 e. The summed E-state index contributed by atoms with van der Waals surface area (Å²) in [5, 5.41) is 3.38. The minimum atomic E-state index is -0.0939. The maximum atomic E-state index is 11.8. The lowest BCUT2D eigenvalue weighted by Gasteiger charge is -1.99. The topological polar surface area (TPSA) is 51.2 Å². The largest absolute Gasteiger partial charge is 0.497 e. The molecule has 2 rings (SSSR count). The van der Waals surface area contributed by atoms with Crippen LogP contribution in [0.1, 0.15) is 29.6 Å². The van der Waals surface area contributed by atoms with Crippen molar-refractivity contribution < 1.29 is 9.53 Å². The van der Waals surface area contributed by atoms with E-state index in [1.54, 1.807) is 7.11 Å². The molecule has 2 aromatic rings. The molecule has 0 unspecified atom stereocenters. The minimum absolute atomic E-state index is 0.0939. The number of carbonyl (C=O) groups excluding carboxylic acids is 1. The van der Waals surface area contributed by atoms with E-state index >= 15 is 0 Å². The monoisotopic (exact) mass is 264 g/mol. The fraction of sp³-hybridized carbons (Fsp3) is 0.385. The fourth-order valence-electron chi connectivity index (χ4n) is 1.58.